The maximum atomic E-state index is 5.47. The number of nitrogens with zero attached hydrogens (tertiary/aromatic N) is 5. The zero-order valence-electron chi connectivity index (χ0n) is 38.4. The lowest BCUT2D eigenvalue weighted by Gasteiger charge is -2.15. The number of benzene rings is 11. The van der Waals surface area contributed by atoms with Gasteiger partial charge in [-0.3, -0.25) is 4.57 Å². The molecule has 15 rings (SSSR count). The lowest BCUT2D eigenvalue weighted by molar-refractivity contribution is 1.08. The fraction of sp³-hybridized carbons (Fsp3) is 0. The van der Waals surface area contributed by atoms with Crippen molar-refractivity contribution in [3.05, 3.63) is 249 Å². The maximum absolute atomic E-state index is 5.47. The Morgan fingerprint density at radius 2 is 0.746 bits per heavy atom. The van der Waals surface area contributed by atoms with Crippen LogP contribution in [0.2, 0.25) is 0 Å². The van der Waals surface area contributed by atoms with E-state index in [1.165, 1.54) is 60.2 Å². The summed E-state index contributed by atoms with van der Waals surface area (Å²) < 4.78 is 7.26. The van der Waals surface area contributed by atoms with Crippen molar-refractivity contribution in [1.29, 1.82) is 0 Å². The van der Waals surface area contributed by atoms with Gasteiger partial charge in [0.15, 0.2) is 5.82 Å². The van der Waals surface area contributed by atoms with E-state index in [0.29, 0.717) is 0 Å². The first-order valence-corrected chi connectivity index (χ1v) is 24.2. The number of rotatable bonds is 6. The molecule has 0 unspecified atom stereocenters. The van der Waals surface area contributed by atoms with Crippen molar-refractivity contribution in [3.8, 4) is 50.7 Å². The minimum absolute atomic E-state index is 0.805. The molecule has 4 heterocycles. The minimum atomic E-state index is 0.805. The van der Waals surface area contributed by atoms with Gasteiger partial charge < -0.3 is 9.13 Å². The van der Waals surface area contributed by atoms with E-state index in [-0.39, 0.29) is 0 Å². The third-order valence-electron chi connectivity index (χ3n) is 14.6. The van der Waals surface area contributed by atoms with Gasteiger partial charge in [-0.25, -0.2) is 9.97 Å². The molecule has 0 bridgehead atoms. The van der Waals surface area contributed by atoms with Crippen LogP contribution in [-0.4, -0.2) is 23.7 Å². The predicted octanol–water partition coefficient (Wildman–Crippen LogP) is 17.1. The highest BCUT2D eigenvalue weighted by Gasteiger charge is 2.24. The summed E-state index contributed by atoms with van der Waals surface area (Å²) in [7, 11) is 0. The molecule has 4 aromatic heterocycles. The van der Waals surface area contributed by atoms with Crippen molar-refractivity contribution in [1.82, 2.24) is 23.7 Å². The molecule has 0 aliphatic heterocycles. The van der Waals surface area contributed by atoms with Crippen LogP contribution in [0, 0.1) is 0 Å². The summed E-state index contributed by atoms with van der Waals surface area (Å²) in [6.45, 7) is 0. The highest BCUT2D eigenvalue weighted by Crippen LogP contribution is 2.45. The molecule has 5 heteroatoms. The van der Waals surface area contributed by atoms with Crippen molar-refractivity contribution in [2.45, 2.75) is 0 Å². The molecular weight excluding hydrogens is 863 g/mol. The fourth-order valence-electron chi connectivity index (χ4n) is 11.5. The van der Waals surface area contributed by atoms with E-state index in [4.69, 9.17) is 9.97 Å². The number of hydrogen-bond donors (Lipinski definition) is 0. The van der Waals surface area contributed by atoms with Gasteiger partial charge in [0.2, 0.25) is 0 Å². The van der Waals surface area contributed by atoms with E-state index >= 15 is 0 Å². The Labute approximate surface area is 408 Å². The predicted molar refractivity (Wildman–Crippen MR) is 296 cm³/mol. The van der Waals surface area contributed by atoms with Gasteiger partial charge in [-0.15, -0.1) is 0 Å². The average molecular weight is 904 g/mol. The molecule has 15 aromatic rings. The van der Waals surface area contributed by atoms with Crippen molar-refractivity contribution in [2.24, 2.45) is 0 Å². The first-order chi connectivity index (χ1) is 35.2. The summed E-state index contributed by atoms with van der Waals surface area (Å²) in [6, 6.07) is 89.8. The third kappa shape index (κ3) is 6.00. The van der Waals surface area contributed by atoms with Crippen LogP contribution >= 0.6 is 0 Å². The quantitative estimate of drug-likeness (QED) is 0.167. The van der Waals surface area contributed by atoms with E-state index in [1.807, 2.05) is 12.1 Å². The SMILES string of the molecule is c1ccc(-c2cc(-c3ccccc3)cc(-n3c4ccccc4c4c5c6ccccc6n(-c6ccc7c(c6)c6ccccc6n7-c6nc7ccccc7nc6-c6cccc7ccccc67)c5ccc43)c2)cc1. The molecule has 0 N–H and O–H groups in total. The largest absolute Gasteiger partial charge is 0.309 e. The monoisotopic (exact) mass is 903 g/mol. The Bertz CT molecular complexity index is 4570. The fourth-order valence-corrected chi connectivity index (χ4v) is 11.5. The Kier molecular flexibility index (Phi) is 8.59. The molecule has 0 radical (unpaired) electrons. The average Bonchev–Trinajstić information content (AvgIpc) is 4.08. The molecule has 71 heavy (non-hydrogen) atoms. The van der Waals surface area contributed by atoms with Crippen LogP contribution in [0.1, 0.15) is 0 Å². The van der Waals surface area contributed by atoms with E-state index in [9.17, 15) is 0 Å². The van der Waals surface area contributed by atoms with Crippen LogP contribution in [-0.2, 0) is 0 Å². The number of aromatic nitrogens is 5. The van der Waals surface area contributed by atoms with Crippen molar-refractivity contribution >= 4 is 87.2 Å². The van der Waals surface area contributed by atoms with Crippen molar-refractivity contribution in [3.63, 3.8) is 0 Å². The molecular formula is C66H41N5. The van der Waals surface area contributed by atoms with Gasteiger partial charge in [0, 0.05) is 49.3 Å². The molecule has 0 atom stereocenters. The summed E-state index contributed by atoms with van der Waals surface area (Å²) in [5.74, 6) is 0.805. The summed E-state index contributed by atoms with van der Waals surface area (Å²) >= 11 is 0. The van der Waals surface area contributed by atoms with Crippen molar-refractivity contribution in [2.75, 3.05) is 0 Å². The Hall–Kier alpha value is -9.58. The summed E-state index contributed by atoms with van der Waals surface area (Å²) in [4.78, 5) is 10.9. The van der Waals surface area contributed by atoms with Gasteiger partial charge in [-0.1, -0.05) is 170 Å². The Balaban J connectivity index is 0.975. The topological polar surface area (TPSA) is 40.6 Å². The zero-order chi connectivity index (χ0) is 46.6. The molecule has 0 aliphatic rings. The van der Waals surface area contributed by atoms with Gasteiger partial charge in [-0.2, -0.15) is 0 Å². The first-order valence-electron chi connectivity index (χ1n) is 24.2. The van der Waals surface area contributed by atoms with Gasteiger partial charge in [0.25, 0.3) is 0 Å². The second kappa shape index (κ2) is 15.5. The van der Waals surface area contributed by atoms with E-state index in [2.05, 4.69) is 250 Å². The van der Waals surface area contributed by atoms with Crippen LogP contribution in [0.5, 0.6) is 0 Å². The van der Waals surface area contributed by atoms with E-state index < -0.39 is 0 Å². The van der Waals surface area contributed by atoms with Crippen LogP contribution in [0.25, 0.3) is 138 Å². The lowest BCUT2D eigenvalue weighted by atomic mass is 9.98. The Morgan fingerprint density at radius 1 is 0.268 bits per heavy atom. The minimum Gasteiger partial charge on any atom is -0.309 e. The second-order valence-electron chi connectivity index (χ2n) is 18.5. The highest BCUT2D eigenvalue weighted by molar-refractivity contribution is 6.29. The van der Waals surface area contributed by atoms with Crippen LogP contribution in [0.4, 0.5) is 0 Å². The molecule has 5 nitrogen and oxygen atoms in total. The molecule has 330 valence electrons. The van der Waals surface area contributed by atoms with E-state index in [0.717, 1.165) is 77.7 Å². The molecule has 0 amide bonds. The standard InChI is InChI=1S/C66H41N5/c1-3-18-42(19-4-1)45-38-46(43-20-5-2-6-21-43)40-48(39-45)70-59-33-16-11-27-53(59)64-62(70)37-36-61-63(64)52-26-10-15-32-58(52)69(61)47-34-35-60-54(41-47)50-25-9-14-31-57(50)71(60)66-65(67-55-29-12-13-30-56(55)68-66)51-28-17-23-44-22-7-8-24-49(44)51/h1-41H. The molecule has 0 spiro atoms. The Morgan fingerprint density at radius 3 is 1.39 bits per heavy atom. The van der Waals surface area contributed by atoms with Crippen LogP contribution in [0.15, 0.2) is 249 Å². The molecule has 0 saturated heterocycles. The molecule has 0 aliphatic carbocycles. The summed E-state index contributed by atoms with van der Waals surface area (Å²) in [6.07, 6.45) is 0. The first kappa shape index (κ1) is 39.4. The zero-order valence-corrected chi connectivity index (χ0v) is 38.4. The molecule has 0 saturated carbocycles. The number of hydrogen-bond acceptors (Lipinski definition) is 2. The van der Waals surface area contributed by atoms with Crippen LogP contribution in [0.3, 0.4) is 0 Å². The van der Waals surface area contributed by atoms with Gasteiger partial charge in [0.05, 0.1) is 44.1 Å². The second-order valence-corrected chi connectivity index (χ2v) is 18.5. The normalized spacial score (nSPS) is 11.9. The molecule has 11 aromatic carbocycles. The van der Waals surface area contributed by atoms with Gasteiger partial charge >= 0.3 is 0 Å². The van der Waals surface area contributed by atoms with Gasteiger partial charge in [-0.05, 0) is 112 Å². The van der Waals surface area contributed by atoms with E-state index in [1.54, 1.807) is 0 Å². The smallest absolute Gasteiger partial charge is 0.165 e. The summed E-state index contributed by atoms with van der Waals surface area (Å²) in [5.41, 5.74) is 17.4. The lowest BCUT2D eigenvalue weighted by Crippen LogP contribution is -2.04. The maximum Gasteiger partial charge on any atom is 0.165 e. The molecule has 0 fully saturated rings. The number of para-hydroxylation sites is 5. The third-order valence-corrected chi connectivity index (χ3v) is 14.6. The van der Waals surface area contributed by atoms with Crippen molar-refractivity contribution < 1.29 is 0 Å². The highest BCUT2D eigenvalue weighted by atomic mass is 15.1. The van der Waals surface area contributed by atoms with Crippen LogP contribution < -0.4 is 0 Å². The van der Waals surface area contributed by atoms with Gasteiger partial charge in [0.1, 0.15) is 5.69 Å². The number of fused-ring (bicyclic) bond motifs is 12. The summed E-state index contributed by atoms with van der Waals surface area (Å²) in [5, 5.41) is 9.53.